The van der Waals surface area contributed by atoms with E-state index in [1.807, 2.05) is 35.2 Å². The van der Waals surface area contributed by atoms with Crippen molar-refractivity contribution in [3.63, 3.8) is 0 Å². The van der Waals surface area contributed by atoms with Crippen molar-refractivity contribution in [2.45, 2.75) is 71.7 Å². The van der Waals surface area contributed by atoms with Crippen LogP contribution in [-0.2, 0) is 44.3 Å². The number of hydrogen-bond acceptors (Lipinski definition) is 13. The molecule has 0 bridgehead atoms. The first kappa shape index (κ1) is 46.6. The number of nitrogens with zero attached hydrogens (tertiary/aromatic N) is 5. The molecule has 4 atom stereocenters. The fraction of sp³-hybridized carbons (Fsp3) is 0.500. The van der Waals surface area contributed by atoms with E-state index in [4.69, 9.17) is 23.9 Å². The molecule has 0 radical (unpaired) electrons. The second kappa shape index (κ2) is 21.9. The van der Waals surface area contributed by atoms with Gasteiger partial charge in [0.05, 0.1) is 25.9 Å². The van der Waals surface area contributed by atoms with Gasteiger partial charge in [0, 0.05) is 69.7 Å². The molecule has 0 aliphatic carbocycles. The number of esters is 2. The van der Waals surface area contributed by atoms with Crippen LogP contribution < -0.4 is 25.7 Å². The van der Waals surface area contributed by atoms with Crippen LogP contribution in [0.15, 0.2) is 60.7 Å². The second-order valence-corrected chi connectivity index (χ2v) is 16.9. The molecule has 1 unspecified atom stereocenters. The van der Waals surface area contributed by atoms with Crippen LogP contribution in [0.5, 0.6) is 0 Å². The molecule has 0 spiro atoms. The van der Waals surface area contributed by atoms with Gasteiger partial charge in [0.15, 0.2) is 5.82 Å². The summed E-state index contributed by atoms with van der Waals surface area (Å²) in [6, 6.07) is 14.3. The fourth-order valence-electron chi connectivity index (χ4n) is 6.98. The van der Waals surface area contributed by atoms with Crippen LogP contribution in [0.25, 0.3) is 11.4 Å². The van der Waals surface area contributed by atoms with Gasteiger partial charge in [0.25, 0.3) is 5.91 Å². The molecule has 2 aliphatic rings. The number of anilines is 1. The van der Waals surface area contributed by atoms with Gasteiger partial charge in [-0.2, -0.15) is 0 Å². The maximum absolute atomic E-state index is 14.6. The standard InChI is InChI=1S/C42H57N8O10P/c1-7-58-40(53)28(4)46-61(56,47-29(5)41(54)59-8-2)33-17-15-30(16-18-33)25-35(39(52)48-21-23-49(24-22-48)42(55)60-9-3)44-38(51)34-26-36(50-20-19-32(27-50)57-6)45-37(43-34)31-13-11-10-12-14-31/h10-18,26,28-29,32,35H,7-9,19-25,27H2,1-6H3,(H,44,51)(H2,46,47,56)/t28-,29-,32-,35?/m0/s1. The lowest BCUT2D eigenvalue weighted by atomic mass is 10.0. The summed E-state index contributed by atoms with van der Waals surface area (Å²) in [5, 5.41) is 8.86. The lowest BCUT2D eigenvalue weighted by Crippen LogP contribution is -2.56. The van der Waals surface area contributed by atoms with Crippen molar-refractivity contribution in [2.75, 3.05) is 71.1 Å². The number of benzene rings is 2. The minimum atomic E-state index is -3.88. The Morgan fingerprint density at radius 3 is 1.93 bits per heavy atom. The molecule has 0 saturated carbocycles. The molecule has 2 aromatic carbocycles. The Kier molecular flexibility index (Phi) is 16.7. The molecular weight excluding hydrogens is 807 g/mol. The summed E-state index contributed by atoms with van der Waals surface area (Å²) in [6.45, 7) is 10.7. The van der Waals surface area contributed by atoms with Gasteiger partial charge in [-0.1, -0.05) is 42.5 Å². The highest BCUT2D eigenvalue weighted by Gasteiger charge is 2.35. The topological polar surface area (TPSA) is 211 Å². The van der Waals surface area contributed by atoms with Crippen molar-refractivity contribution < 1.29 is 47.5 Å². The Bertz CT molecular complexity index is 2000. The number of carbonyl (C=O) groups excluding carboxylic acids is 5. The predicted molar refractivity (Wildman–Crippen MR) is 227 cm³/mol. The lowest BCUT2D eigenvalue weighted by molar-refractivity contribution is -0.145. The van der Waals surface area contributed by atoms with Gasteiger partial charge in [-0.15, -0.1) is 0 Å². The van der Waals surface area contributed by atoms with Crippen LogP contribution in [0.2, 0.25) is 0 Å². The van der Waals surface area contributed by atoms with E-state index < -0.39 is 49.5 Å². The first-order valence-electron chi connectivity index (χ1n) is 20.6. The lowest BCUT2D eigenvalue weighted by Gasteiger charge is -2.36. The molecule has 3 aromatic rings. The van der Waals surface area contributed by atoms with Crippen molar-refractivity contribution in [1.29, 1.82) is 0 Å². The SMILES string of the molecule is CCOC(=O)[C@H](C)NP(=O)(N[C@@H](C)C(=O)OCC)c1ccc(CC(NC(=O)c2cc(N3CC[C@H](OC)C3)nc(-c3ccccc3)n2)C(=O)N2CCN(C(=O)OCC)CC2)cc1. The predicted octanol–water partition coefficient (Wildman–Crippen LogP) is 2.91. The van der Waals surface area contributed by atoms with E-state index in [0.717, 1.165) is 6.42 Å². The zero-order valence-corrected chi connectivity index (χ0v) is 36.5. The fourth-order valence-corrected chi connectivity index (χ4v) is 9.23. The van der Waals surface area contributed by atoms with E-state index in [-0.39, 0.29) is 75.4 Å². The van der Waals surface area contributed by atoms with Gasteiger partial charge in [0.2, 0.25) is 13.4 Å². The third kappa shape index (κ3) is 12.3. The summed E-state index contributed by atoms with van der Waals surface area (Å²) in [6.07, 6.45) is 0.362. The maximum Gasteiger partial charge on any atom is 0.409 e. The number of aromatic nitrogens is 2. The Morgan fingerprint density at radius 1 is 0.787 bits per heavy atom. The third-order valence-corrected chi connectivity index (χ3v) is 12.8. The molecule has 5 rings (SSSR count). The molecule has 3 N–H and O–H groups in total. The van der Waals surface area contributed by atoms with E-state index in [1.54, 1.807) is 63.1 Å². The Hall–Kier alpha value is -5.42. The van der Waals surface area contributed by atoms with Gasteiger partial charge in [0.1, 0.15) is 29.6 Å². The number of hydrogen-bond donors (Lipinski definition) is 3. The average Bonchev–Trinajstić information content (AvgIpc) is 3.76. The molecule has 3 amide bonds. The molecule has 2 fully saturated rings. The Balaban J connectivity index is 1.45. The van der Waals surface area contributed by atoms with Crippen molar-refractivity contribution in [3.8, 4) is 11.4 Å². The van der Waals surface area contributed by atoms with E-state index in [0.29, 0.717) is 35.9 Å². The zero-order chi connectivity index (χ0) is 44.1. The van der Waals surface area contributed by atoms with Crippen LogP contribution in [0, 0.1) is 0 Å². The quantitative estimate of drug-likeness (QED) is 0.0954. The number of nitrogens with one attached hydrogen (secondary N) is 3. The number of carbonyl (C=O) groups is 5. The maximum atomic E-state index is 14.6. The monoisotopic (exact) mass is 864 g/mol. The molecule has 61 heavy (non-hydrogen) atoms. The number of ether oxygens (including phenoxy) is 4. The van der Waals surface area contributed by atoms with Gasteiger partial charge in [-0.3, -0.25) is 23.7 Å². The molecule has 2 aliphatic heterocycles. The van der Waals surface area contributed by atoms with Crippen molar-refractivity contribution in [2.24, 2.45) is 0 Å². The van der Waals surface area contributed by atoms with Crippen molar-refractivity contribution in [3.05, 3.63) is 71.9 Å². The zero-order valence-electron chi connectivity index (χ0n) is 35.6. The van der Waals surface area contributed by atoms with Crippen LogP contribution in [0.1, 0.15) is 57.1 Å². The Morgan fingerprint density at radius 2 is 1.38 bits per heavy atom. The van der Waals surface area contributed by atoms with Crippen LogP contribution in [0.4, 0.5) is 10.6 Å². The summed E-state index contributed by atoms with van der Waals surface area (Å²) < 4.78 is 35.6. The number of piperazine rings is 1. The Labute approximate surface area is 356 Å². The summed E-state index contributed by atoms with van der Waals surface area (Å²) >= 11 is 0. The second-order valence-electron chi connectivity index (χ2n) is 14.6. The van der Waals surface area contributed by atoms with E-state index in [1.165, 1.54) is 18.7 Å². The summed E-state index contributed by atoms with van der Waals surface area (Å²) in [5.41, 5.74) is 1.38. The van der Waals surface area contributed by atoms with Crippen molar-refractivity contribution in [1.82, 2.24) is 35.3 Å². The molecule has 3 heterocycles. The average molecular weight is 865 g/mol. The molecule has 19 heteroatoms. The number of methoxy groups -OCH3 is 1. The van der Waals surface area contributed by atoms with E-state index in [2.05, 4.69) is 20.5 Å². The summed E-state index contributed by atoms with van der Waals surface area (Å²) in [4.78, 5) is 80.9. The minimum absolute atomic E-state index is 0.00695. The highest BCUT2D eigenvalue weighted by atomic mass is 31.2. The smallest absolute Gasteiger partial charge is 0.409 e. The summed E-state index contributed by atoms with van der Waals surface area (Å²) in [5.74, 6) is -1.33. The van der Waals surface area contributed by atoms with Crippen molar-refractivity contribution >= 4 is 48.4 Å². The highest BCUT2D eigenvalue weighted by molar-refractivity contribution is 7.67. The molecule has 2 saturated heterocycles. The molecular formula is C42H57N8O10P. The van der Waals surface area contributed by atoms with E-state index >= 15 is 0 Å². The van der Waals surface area contributed by atoms with E-state index in [9.17, 15) is 28.5 Å². The molecule has 1 aromatic heterocycles. The van der Waals surface area contributed by atoms with Crippen LogP contribution >= 0.6 is 7.44 Å². The highest BCUT2D eigenvalue weighted by Crippen LogP contribution is 2.37. The molecule has 330 valence electrons. The number of amides is 3. The van der Waals surface area contributed by atoms with Gasteiger partial charge in [-0.05, 0) is 58.7 Å². The largest absolute Gasteiger partial charge is 0.465 e. The van der Waals surface area contributed by atoms with Gasteiger partial charge >= 0.3 is 18.0 Å². The number of rotatable bonds is 18. The normalized spacial score (nSPS) is 17.0. The first-order chi connectivity index (χ1) is 29.3. The summed E-state index contributed by atoms with van der Waals surface area (Å²) in [7, 11) is -2.22. The van der Waals surface area contributed by atoms with Gasteiger partial charge in [-0.25, -0.2) is 24.9 Å². The minimum Gasteiger partial charge on any atom is -0.465 e. The first-order valence-corrected chi connectivity index (χ1v) is 22.3. The molecule has 18 nitrogen and oxygen atoms in total. The van der Waals surface area contributed by atoms with Gasteiger partial charge < -0.3 is 39.0 Å². The van der Waals surface area contributed by atoms with Crippen LogP contribution in [0.3, 0.4) is 0 Å². The van der Waals surface area contributed by atoms with Crippen LogP contribution in [-0.4, -0.2) is 140 Å². The third-order valence-electron chi connectivity index (χ3n) is 10.3.